The lowest BCUT2D eigenvalue weighted by atomic mass is 10.2. The van der Waals surface area contributed by atoms with E-state index in [1.807, 2.05) is 31.2 Å². The molecule has 0 aliphatic carbocycles. The summed E-state index contributed by atoms with van der Waals surface area (Å²) in [4.78, 5) is 0. The minimum atomic E-state index is 1.08. The van der Waals surface area contributed by atoms with Crippen molar-refractivity contribution in [3.63, 3.8) is 0 Å². The molecule has 1 aromatic carbocycles. The first kappa shape index (κ1) is 9.80. The Labute approximate surface area is 89.6 Å². The Bertz CT molecular complexity index is 485. The number of benzene rings is 1. The third-order valence-electron chi connectivity index (χ3n) is 2.60. The lowest BCUT2D eigenvalue weighted by Gasteiger charge is -2.18. The van der Waals surface area contributed by atoms with Gasteiger partial charge in [0.1, 0.15) is 5.82 Å². The highest BCUT2D eigenvalue weighted by atomic mass is 15.5. The fourth-order valence-corrected chi connectivity index (χ4v) is 1.80. The van der Waals surface area contributed by atoms with E-state index in [1.54, 1.807) is 6.20 Å². The highest BCUT2D eigenvalue weighted by Gasteiger charge is 2.08. The third-order valence-corrected chi connectivity index (χ3v) is 2.60. The van der Waals surface area contributed by atoms with Crippen molar-refractivity contribution in [1.82, 2.24) is 9.99 Å². The summed E-state index contributed by atoms with van der Waals surface area (Å²) in [5.41, 5.74) is 4.28. The molecule has 1 aromatic heterocycles. The molecule has 0 fully saturated rings. The number of hydrazine groups is 1. The van der Waals surface area contributed by atoms with E-state index >= 15 is 0 Å². The van der Waals surface area contributed by atoms with Gasteiger partial charge < -0.3 is 4.57 Å². The largest absolute Gasteiger partial charge is 0.329 e. The average Bonchev–Trinajstić information content (AvgIpc) is 2.60. The predicted octanol–water partition coefficient (Wildman–Crippen LogP) is 2.26. The SMILES string of the molecule is C=CN(NC)c1cc2ccccc2n1C. The Balaban J connectivity index is 2.61. The van der Waals surface area contributed by atoms with Crippen molar-refractivity contribution < 1.29 is 0 Å². The molecular weight excluding hydrogens is 186 g/mol. The van der Waals surface area contributed by atoms with E-state index < -0.39 is 0 Å². The summed E-state index contributed by atoms with van der Waals surface area (Å²) in [6.07, 6.45) is 1.76. The molecule has 0 aliphatic heterocycles. The highest BCUT2D eigenvalue weighted by molar-refractivity contribution is 5.85. The first-order valence-electron chi connectivity index (χ1n) is 4.91. The molecule has 3 heteroatoms. The van der Waals surface area contributed by atoms with Gasteiger partial charge in [-0.05, 0) is 12.1 Å². The summed E-state index contributed by atoms with van der Waals surface area (Å²) < 4.78 is 2.13. The molecule has 78 valence electrons. The maximum atomic E-state index is 3.77. The van der Waals surface area contributed by atoms with Crippen LogP contribution in [0.3, 0.4) is 0 Å². The van der Waals surface area contributed by atoms with E-state index in [4.69, 9.17) is 0 Å². The predicted molar refractivity (Wildman–Crippen MR) is 64.7 cm³/mol. The zero-order chi connectivity index (χ0) is 10.8. The Hall–Kier alpha value is -1.74. The van der Waals surface area contributed by atoms with Crippen LogP contribution in [0.25, 0.3) is 10.9 Å². The van der Waals surface area contributed by atoms with E-state index in [0.717, 1.165) is 5.82 Å². The molecule has 0 unspecified atom stereocenters. The second kappa shape index (κ2) is 3.79. The van der Waals surface area contributed by atoms with Crippen LogP contribution >= 0.6 is 0 Å². The zero-order valence-corrected chi connectivity index (χ0v) is 9.07. The first-order valence-corrected chi connectivity index (χ1v) is 4.91. The lowest BCUT2D eigenvalue weighted by molar-refractivity contribution is 0.781. The summed E-state index contributed by atoms with van der Waals surface area (Å²) in [5.74, 6) is 1.08. The molecule has 0 spiro atoms. The smallest absolute Gasteiger partial charge is 0.128 e. The van der Waals surface area contributed by atoms with Gasteiger partial charge in [-0.1, -0.05) is 24.8 Å². The van der Waals surface area contributed by atoms with Crippen LogP contribution in [0.4, 0.5) is 5.82 Å². The van der Waals surface area contributed by atoms with Crippen LogP contribution in [0.1, 0.15) is 0 Å². The second-order valence-electron chi connectivity index (χ2n) is 3.40. The number of nitrogens with one attached hydrogen (secondary N) is 1. The van der Waals surface area contributed by atoms with Gasteiger partial charge in [0.05, 0.1) is 0 Å². The van der Waals surface area contributed by atoms with Crippen molar-refractivity contribution in [1.29, 1.82) is 0 Å². The van der Waals surface area contributed by atoms with E-state index in [9.17, 15) is 0 Å². The van der Waals surface area contributed by atoms with Gasteiger partial charge in [0.2, 0.25) is 0 Å². The second-order valence-corrected chi connectivity index (χ2v) is 3.40. The Morgan fingerprint density at radius 1 is 1.40 bits per heavy atom. The van der Waals surface area contributed by atoms with Crippen molar-refractivity contribution in [2.45, 2.75) is 0 Å². The number of anilines is 1. The van der Waals surface area contributed by atoms with Gasteiger partial charge in [0.15, 0.2) is 0 Å². The van der Waals surface area contributed by atoms with Crippen LogP contribution in [-0.2, 0) is 7.05 Å². The highest BCUT2D eigenvalue weighted by Crippen LogP contribution is 2.24. The Morgan fingerprint density at radius 2 is 2.13 bits per heavy atom. The van der Waals surface area contributed by atoms with Gasteiger partial charge in [-0.3, -0.25) is 5.01 Å². The quantitative estimate of drug-likeness (QED) is 0.769. The third kappa shape index (κ3) is 1.51. The minimum Gasteiger partial charge on any atom is -0.329 e. The fraction of sp³-hybridized carbons (Fsp3) is 0.167. The summed E-state index contributed by atoms with van der Waals surface area (Å²) in [7, 11) is 3.92. The first-order chi connectivity index (χ1) is 7.27. The standard InChI is InChI=1S/C12H15N3/c1-4-15(13-2)12-9-10-7-5-6-8-11(10)14(12)3/h4-9,13H,1H2,2-3H3. The monoisotopic (exact) mass is 201 g/mol. The number of hydrogen-bond donors (Lipinski definition) is 1. The van der Waals surface area contributed by atoms with E-state index in [-0.39, 0.29) is 0 Å². The number of para-hydroxylation sites is 1. The molecule has 2 aromatic rings. The van der Waals surface area contributed by atoms with Gasteiger partial charge in [0.25, 0.3) is 0 Å². The van der Waals surface area contributed by atoms with Crippen molar-refractivity contribution in [2.24, 2.45) is 7.05 Å². The molecule has 1 N–H and O–H groups in total. The molecule has 0 amide bonds. The number of hydrogen-bond acceptors (Lipinski definition) is 2. The van der Waals surface area contributed by atoms with Crippen LogP contribution in [0, 0.1) is 0 Å². The van der Waals surface area contributed by atoms with Crippen LogP contribution in [0.5, 0.6) is 0 Å². The molecule has 0 bridgehead atoms. The summed E-state index contributed by atoms with van der Waals surface area (Å²) in [6, 6.07) is 10.4. The van der Waals surface area contributed by atoms with Gasteiger partial charge >= 0.3 is 0 Å². The molecule has 1 heterocycles. The molecule has 2 rings (SSSR count). The number of rotatable bonds is 3. The van der Waals surface area contributed by atoms with Gasteiger partial charge in [-0.15, -0.1) is 0 Å². The number of fused-ring (bicyclic) bond motifs is 1. The van der Waals surface area contributed by atoms with Crippen molar-refractivity contribution >= 4 is 16.7 Å². The lowest BCUT2D eigenvalue weighted by Crippen LogP contribution is -2.30. The maximum Gasteiger partial charge on any atom is 0.128 e. The fourth-order valence-electron chi connectivity index (χ4n) is 1.80. The molecule has 3 nitrogen and oxygen atoms in total. The van der Waals surface area contributed by atoms with Crippen LogP contribution < -0.4 is 10.4 Å². The average molecular weight is 201 g/mol. The number of nitrogens with zero attached hydrogens (tertiary/aromatic N) is 2. The van der Waals surface area contributed by atoms with Gasteiger partial charge in [-0.25, -0.2) is 5.43 Å². The summed E-state index contributed by atoms with van der Waals surface area (Å²) in [5, 5.41) is 3.12. The van der Waals surface area contributed by atoms with E-state index in [2.05, 4.69) is 34.8 Å². The number of aromatic nitrogens is 1. The molecule has 0 radical (unpaired) electrons. The van der Waals surface area contributed by atoms with Crippen LogP contribution in [0.15, 0.2) is 43.1 Å². The van der Waals surface area contributed by atoms with Gasteiger partial charge in [0, 0.05) is 31.2 Å². The van der Waals surface area contributed by atoms with Crippen molar-refractivity contribution in [3.8, 4) is 0 Å². The number of aryl methyl sites for hydroxylation is 1. The molecule has 0 aliphatic rings. The van der Waals surface area contributed by atoms with Crippen LogP contribution in [0.2, 0.25) is 0 Å². The molecular formula is C12H15N3. The Morgan fingerprint density at radius 3 is 2.73 bits per heavy atom. The van der Waals surface area contributed by atoms with E-state index in [0.29, 0.717) is 0 Å². The molecule has 0 atom stereocenters. The van der Waals surface area contributed by atoms with E-state index in [1.165, 1.54) is 10.9 Å². The molecule has 15 heavy (non-hydrogen) atoms. The zero-order valence-electron chi connectivity index (χ0n) is 9.07. The van der Waals surface area contributed by atoms with Crippen molar-refractivity contribution in [2.75, 3.05) is 12.1 Å². The normalized spacial score (nSPS) is 10.5. The van der Waals surface area contributed by atoms with Gasteiger partial charge in [-0.2, -0.15) is 0 Å². The Kier molecular flexibility index (Phi) is 2.47. The maximum absolute atomic E-state index is 3.77. The van der Waals surface area contributed by atoms with Crippen molar-refractivity contribution in [3.05, 3.63) is 43.1 Å². The topological polar surface area (TPSA) is 20.2 Å². The summed E-state index contributed by atoms with van der Waals surface area (Å²) >= 11 is 0. The van der Waals surface area contributed by atoms with Crippen LogP contribution in [-0.4, -0.2) is 11.6 Å². The molecule has 0 saturated heterocycles. The molecule has 0 saturated carbocycles. The minimum absolute atomic E-state index is 1.08. The summed E-state index contributed by atoms with van der Waals surface area (Å²) in [6.45, 7) is 3.77.